The highest BCUT2D eigenvalue weighted by atomic mass is 35.5. The fourth-order valence-corrected chi connectivity index (χ4v) is 5.23. The Hall–Kier alpha value is -5.22. The predicted octanol–water partition coefficient (Wildman–Crippen LogP) is 7.20. The number of carbonyl (C=O) groups is 1. The first-order valence-corrected chi connectivity index (χ1v) is 14.8. The highest BCUT2D eigenvalue weighted by molar-refractivity contribution is 6.32. The van der Waals surface area contributed by atoms with E-state index >= 15 is 0 Å². The van der Waals surface area contributed by atoms with Gasteiger partial charge in [0, 0.05) is 11.3 Å². The van der Waals surface area contributed by atoms with Gasteiger partial charge in [0.15, 0.2) is 23.9 Å². The molecule has 5 aromatic rings. The maximum Gasteiger partial charge on any atom is 0.282 e. The van der Waals surface area contributed by atoms with Gasteiger partial charge in [0.2, 0.25) is 0 Å². The van der Waals surface area contributed by atoms with E-state index in [-0.39, 0.29) is 28.0 Å². The van der Waals surface area contributed by atoms with Gasteiger partial charge >= 0.3 is 0 Å². The lowest BCUT2D eigenvalue weighted by Gasteiger charge is -2.17. The van der Waals surface area contributed by atoms with Crippen molar-refractivity contribution >= 4 is 40.3 Å². The largest absolute Gasteiger partial charge is 0.496 e. The standard InChI is InChI=1S/C35H32ClFN4O5/c1-20(2)26-17-27(21(3)13-30(26)44-4)34-40-29-12-7-6-11-25(29)35(43)41(34)38-18-22-14-28(36)33(31(15-22)45-5)46-19-32(42)39-24-10-8-9-23(37)16-24/h6-18,20H,19H2,1-5H3,(H,39,42). The van der Waals surface area contributed by atoms with Crippen LogP contribution < -0.4 is 25.1 Å². The van der Waals surface area contributed by atoms with Crippen molar-refractivity contribution in [1.29, 1.82) is 0 Å². The smallest absolute Gasteiger partial charge is 0.282 e. The number of anilines is 1. The number of fused-ring (bicyclic) bond motifs is 1. The monoisotopic (exact) mass is 642 g/mol. The van der Waals surface area contributed by atoms with E-state index in [9.17, 15) is 14.0 Å². The van der Waals surface area contributed by atoms with Gasteiger partial charge in [-0.2, -0.15) is 9.78 Å². The van der Waals surface area contributed by atoms with Crippen LogP contribution >= 0.6 is 11.6 Å². The molecule has 4 aromatic carbocycles. The molecule has 0 saturated carbocycles. The number of carbonyl (C=O) groups excluding carboxylic acids is 1. The Bertz CT molecular complexity index is 2030. The average Bonchev–Trinajstić information content (AvgIpc) is 3.03. The number of aryl methyl sites for hydroxylation is 1. The minimum absolute atomic E-state index is 0.135. The quantitative estimate of drug-likeness (QED) is 0.162. The normalized spacial score (nSPS) is 11.3. The Kier molecular flexibility index (Phi) is 9.67. The SMILES string of the molecule is COc1cc(C)c(-c2nc3ccccc3c(=O)n2N=Cc2cc(Cl)c(OCC(=O)Nc3cccc(F)c3)c(OC)c2)cc1C(C)C. The molecule has 1 heterocycles. The van der Waals surface area contributed by atoms with Crippen molar-refractivity contribution in [2.24, 2.45) is 5.10 Å². The van der Waals surface area contributed by atoms with Crippen LogP contribution in [0.1, 0.15) is 36.5 Å². The number of amides is 1. The Balaban J connectivity index is 1.50. The molecule has 0 atom stereocenters. The molecule has 0 aliphatic rings. The van der Waals surface area contributed by atoms with E-state index in [4.69, 9.17) is 30.8 Å². The maximum atomic E-state index is 13.8. The zero-order valence-electron chi connectivity index (χ0n) is 25.9. The van der Waals surface area contributed by atoms with Gasteiger partial charge in [0.1, 0.15) is 11.6 Å². The first kappa shape index (κ1) is 32.2. The van der Waals surface area contributed by atoms with Gasteiger partial charge in [0.25, 0.3) is 11.5 Å². The van der Waals surface area contributed by atoms with Gasteiger partial charge in [-0.05, 0) is 84.1 Å². The van der Waals surface area contributed by atoms with Crippen molar-refractivity contribution < 1.29 is 23.4 Å². The van der Waals surface area contributed by atoms with Gasteiger partial charge in [-0.25, -0.2) is 9.37 Å². The number of hydrogen-bond donors (Lipinski definition) is 1. The van der Waals surface area contributed by atoms with Crippen LogP contribution in [0.25, 0.3) is 22.3 Å². The van der Waals surface area contributed by atoms with E-state index in [1.54, 1.807) is 43.5 Å². The summed E-state index contributed by atoms with van der Waals surface area (Å²) in [7, 11) is 3.06. The number of rotatable bonds is 10. The van der Waals surface area contributed by atoms with Crippen molar-refractivity contribution in [1.82, 2.24) is 9.66 Å². The number of nitrogens with one attached hydrogen (secondary N) is 1. The van der Waals surface area contributed by atoms with Crippen molar-refractivity contribution in [3.63, 3.8) is 0 Å². The van der Waals surface area contributed by atoms with E-state index in [2.05, 4.69) is 24.3 Å². The minimum Gasteiger partial charge on any atom is -0.496 e. The highest BCUT2D eigenvalue weighted by Gasteiger charge is 2.19. The lowest BCUT2D eigenvalue weighted by Crippen LogP contribution is -2.21. The van der Waals surface area contributed by atoms with Gasteiger partial charge in [-0.1, -0.05) is 43.6 Å². The van der Waals surface area contributed by atoms with Crippen LogP contribution in [-0.4, -0.2) is 42.6 Å². The van der Waals surface area contributed by atoms with Crippen LogP contribution in [0.3, 0.4) is 0 Å². The third-order valence-corrected chi connectivity index (χ3v) is 7.50. The van der Waals surface area contributed by atoms with Crippen LogP contribution in [0.2, 0.25) is 5.02 Å². The second-order valence-corrected chi connectivity index (χ2v) is 11.2. The van der Waals surface area contributed by atoms with E-state index in [0.717, 1.165) is 22.4 Å². The first-order valence-electron chi connectivity index (χ1n) is 14.4. The third-order valence-electron chi connectivity index (χ3n) is 7.22. The molecule has 0 aliphatic heterocycles. The van der Waals surface area contributed by atoms with Crippen molar-refractivity contribution in [2.75, 3.05) is 26.1 Å². The summed E-state index contributed by atoms with van der Waals surface area (Å²) >= 11 is 6.55. The number of hydrogen-bond acceptors (Lipinski definition) is 7. The fourth-order valence-electron chi connectivity index (χ4n) is 4.95. The fraction of sp³-hybridized carbons (Fsp3) is 0.200. The maximum absolute atomic E-state index is 13.8. The van der Waals surface area contributed by atoms with Crippen molar-refractivity contribution in [3.8, 4) is 28.6 Å². The molecule has 1 aromatic heterocycles. The zero-order chi connectivity index (χ0) is 33.0. The second-order valence-electron chi connectivity index (χ2n) is 10.8. The van der Waals surface area contributed by atoms with E-state index in [1.807, 2.05) is 25.1 Å². The average molecular weight is 643 g/mol. The number of ether oxygens (including phenoxy) is 3. The first-order chi connectivity index (χ1) is 22.1. The number of benzene rings is 4. The number of para-hydroxylation sites is 1. The van der Waals surface area contributed by atoms with Crippen molar-refractivity contribution in [2.45, 2.75) is 26.7 Å². The zero-order valence-corrected chi connectivity index (χ0v) is 26.7. The number of methoxy groups -OCH3 is 2. The molecule has 0 unspecified atom stereocenters. The summed E-state index contributed by atoms with van der Waals surface area (Å²) in [4.78, 5) is 31.1. The summed E-state index contributed by atoms with van der Waals surface area (Å²) in [5.74, 6) is 0.657. The Morgan fingerprint density at radius 3 is 2.52 bits per heavy atom. The summed E-state index contributed by atoms with van der Waals surface area (Å²) in [5.41, 5.74) is 3.56. The molecule has 46 heavy (non-hydrogen) atoms. The molecule has 0 bridgehead atoms. The molecule has 11 heteroatoms. The summed E-state index contributed by atoms with van der Waals surface area (Å²) < 4.78 is 31.5. The summed E-state index contributed by atoms with van der Waals surface area (Å²) in [6, 6.07) is 19.7. The topological polar surface area (TPSA) is 104 Å². The van der Waals surface area contributed by atoms with E-state index < -0.39 is 18.3 Å². The molecule has 1 amide bonds. The molecule has 5 rings (SSSR count). The van der Waals surface area contributed by atoms with E-state index in [1.165, 1.54) is 36.2 Å². The lowest BCUT2D eigenvalue weighted by atomic mass is 9.96. The Morgan fingerprint density at radius 2 is 1.80 bits per heavy atom. The van der Waals surface area contributed by atoms with E-state index in [0.29, 0.717) is 28.0 Å². The van der Waals surface area contributed by atoms with Crippen LogP contribution in [0.4, 0.5) is 10.1 Å². The van der Waals surface area contributed by atoms with Crippen molar-refractivity contribution in [3.05, 3.63) is 111 Å². The van der Waals surface area contributed by atoms with Gasteiger partial charge < -0.3 is 19.5 Å². The summed E-state index contributed by atoms with van der Waals surface area (Å²) in [5, 5.41) is 7.69. The molecule has 0 fully saturated rings. The summed E-state index contributed by atoms with van der Waals surface area (Å²) in [6.45, 7) is 5.66. The molecule has 1 N–H and O–H groups in total. The second kappa shape index (κ2) is 13.8. The molecular weight excluding hydrogens is 611 g/mol. The molecule has 0 spiro atoms. The van der Waals surface area contributed by atoms with Gasteiger partial charge in [-0.3, -0.25) is 9.59 Å². The lowest BCUT2D eigenvalue weighted by molar-refractivity contribution is -0.118. The molecular formula is C35H32ClFN4O5. The van der Waals surface area contributed by atoms with Crippen LogP contribution in [0, 0.1) is 12.7 Å². The van der Waals surface area contributed by atoms with Gasteiger partial charge in [0.05, 0.1) is 36.4 Å². The molecule has 0 aliphatic carbocycles. The summed E-state index contributed by atoms with van der Waals surface area (Å²) in [6.07, 6.45) is 1.47. The Morgan fingerprint density at radius 1 is 1.04 bits per heavy atom. The van der Waals surface area contributed by atoms with Crippen LogP contribution in [-0.2, 0) is 4.79 Å². The third kappa shape index (κ3) is 6.87. The van der Waals surface area contributed by atoms with Gasteiger partial charge in [-0.15, -0.1) is 0 Å². The molecule has 236 valence electrons. The molecule has 9 nitrogen and oxygen atoms in total. The minimum atomic E-state index is -0.514. The number of aromatic nitrogens is 2. The molecule has 0 radical (unpaired) electrons. The molecule has 0 saturated heterocycles. The predicted molar refractivity (Wildman–Crippen MR) is 178 cm³/mol. The Labute approximate surface area is 270 Å². The van der Waals surface area contributed by atoms with Crippen LogP contribution in [0.15, 0.2) is 82.7 Å². The number of nitrogens with zero attached hydrogens (tertiary/aromatic N) is 3. The highest BCUT2D eigenvalue weighted by Crippen LogP contribution is 2.37. The van der Waals surface area contributed by atoms with Crippen LogP contribution in [0.5, 0.6) is 17.2 Å². The number of halogens is 2.